The van der Waals surface area contributed by atoms with Gasteiger partial charge in [0.2, 0.25) is 17.7 Å². The van der Waals surface area contributed by atoms with Gasteiger partial charge in [0.1, 0.15) is 16.7 Å². The number of amides is 2. The summed E-state index contributed by atoms with van der Waals surface area (Å²) < 4.78 is 5.62. The lowest BCUT2D eigenvalue weighted by Gasteiger charge is -2.22. The molecule has 3 heterocycles. The Kier molecular flexibility index (Phi) is 9.23. The number of benzene rings is 2. The van der Waals surface area contributed by atoms with Gasteiger partial charge in [-0.1, -0.05) is 61.4 Å². The van der Waals surface area contributed by atoms with Crippen molar-refractivity contribution >= 4 is 34.1 Å². The number of carbonyl (C=O) groups is 2. The minimum Gasteiger partial charge on any atom is -0.480 e. The van der Waals surface area contributed by atoms with E-state index in [0.29, 0.717) is 36.1 Å². The monoisotopic (exact) mass is 582 g/mol. The smallest absolute Gasteiger partial charge is 0.239 e. The molecule has 0 radical (unpaired) electrons. The van der Waals surface area contributed by atoms with Crippen LogP contribution in [0.3, 0.4) is 0 Å². The Balaban J connectivity index is 1.43. The zero-order valence-electron chi connectivity index (χ0n) is 23.7. The van der Waals surface area contributed by atoms with Gasteiger partial charge in [0.05, 0.1) is 35.8 Å². The summed E-state index contributed by atoms with van der Waals surface area (Å²) in [4.78, 5) is 44.3. The van der Waals surface area contributed by atoms with Crippen LogP contribution in [-0.4, -0.2) is 57.4 Å². The van der Waals surface area contributed by atoms with Crippen molar-refractivity contribution in [1.29, 1.82) is 0 Å². The van der Waals surface area contributed by atoms with Crippen molar-refractivity contribution in [2.45, 2.75) is 38.0 Å². The number of methoxy groups -OCH3 is 1. The number of ether oxygens (including phenoxy) is 1. The highest BCUT2D eigenvalue weighted by Gasteiger charge is 2.31. The predicted octanol–water partition coefficient (Wildman–Crippen LogP) is 5.78. The van der Waals surface area contributed by atoms with Crippen LogP contribution in [0, 0.1) is 0 Å². The van der Waals surface area contributed by atoms with Gasteiger partial charge in [-0.2, -0.15) is 0 Å². The summed E-state index contributed by atoms with van der Waals surface area (Å²) in [6.45, 7) is 0.581. The lowest BCUT2D eigenvalue weighted by atomic mass is 10.0. The molecule has 5 aromatic rings. The highest BCUT2D eigenvalue weighted by molar-refractivity contribution is 7.13. The van der Waals surface area contributed by atoms with E-state index in [1.807, 2.05) is 73.1 Å². The molecule has 9 nitrogen and oxygen atoms in total. The molecule has 0 aliphatic heterocycles. The summed E-state index contributed by atoms with van der Waals surface area (Å²) in [5, 5.41) is 3.75. The average molecular weight is 583 g/mol. The Morgan fingerprint density at radius 1 is 1.02 bits per heavy atom. The minimum atomic E-state index is -0.716. The molecule has 10 heteroatoms. The number of H-pyrrole nitrogens is 1. The number of likely N-dealkylation sites (N-methyl/N-ethyl adjacent to an activating group) is 1. The number of pyridine rings is 1. The molecule has 0 fully saturated rings. The molecule has 42 heavy (non-hydrogen) atoms. The number of rotatable bonds is 13. The van der Waals surface area contributed by atoms with E-state index in [9.17, 15) is 9.59 Å². The fourth-order valence-electron chi connectivity index (χ4n) is 4.91. The fourth-order valence-corrected chi connectivity index (χ4v) is 5.77. The average Bonchev–Trinajstić information content (AvgIpc) is 3.69. The van der Waals surface area contributed by atoms with Crippen molar-refractivity contribution in [3.63, 3.8) is 0 Å². The number of unbranched alkanes of at least 4 members (excludes halogenated alkanes) is 3. The molecule has 5 rings (SSSR count). The molecule has 3 aromatic heterocycles. The van der Waals surface area contributed by atoms with Crippen LogP contribution in [0.4, 0.5) is 0 Å². The number of fused-ring (bicyclic) bond motifs is 1. The first-order chi connectivity index (χ1) is 20.4. The molecule has 0 aliphatic carbocycles. The van der Waals surface area contributed by atoms with Crippen LogP contribution in [0.25, 0.3) is 32.7 Å². The van der Waals surface area contributed by atoms with Crippen LogP contribution in [0.2, 0.25) is 0 Å². The topological polar surface area (TPSA) is 127 Å². The first-order valence-electron chi connectivity index (χ1n) is 14.0. The molecule has 0 aliphatic rings. The Labute approximate surface area is 248 Å². The number of thiazole rings is 1. The summed E-state index contributed by atoms with van der Waals surface area (Å²) >= 11 is 1.50. The Bertz CT molecular complexity index is 1670. The zero-order chi connectivity index (χ0) is 29.5. The quantitative estimate of drug-likeness (QED) is 0.169. The maximum Gasteiger partial charge on any atom is 0.239 e. The van der Waals surface area contributed by atoms with Gasteiger partial charge in [-0.3, -0.25) is 9.59 Å². The third-order valence-corrected chi connectivity index (χ3v) is 8.08. The summed E-state index contributed by atoms with van der Waals surface area (Å²) in [5.41, 5.74) is 9.17. The number of aromatic nitrogens is 4. The number of nitrogens with one attached hydrogen (secondary N) is 1. The normalized spacial score (nSPS) is 11.9. The lowest BCUT2D eigenvalue weighted by molar-refractivity contribution is -0.130. The maximum absolute atomic E-state index is 14.0. The number of carbonyl (C=O) groups excluding carboxylic acids is 2. The zero-order valence-corrected chi connectivity index (χ0v) is 24.6. The van der Waals surface area contributed by atoms with Crippen LogP contribution >= 0.6 is 11.3 Å². The number of nitrogens with two attached hydrogens (primary N) is 1. The number of para-hydroxylation sites is 1. The maximum atomic E-state index is 14.0. The molecule has 0 spiro atoms. The van der Waals surface area contributed by atoms with Crippen molar-refractivity contribution in [1.82, 2.24) is 24.8 Å². The predicted molar refractivity (Wildman–Crippen MR) is 165 cm³/mol. The molecular weight excluding hydrogens is 548 g/mol. The summed E-state index contributed by atoms with van der Waals surface area (Å²) in [5.74, 6) is -0.116. The van der Waals surface area contributed by atoms with Crippen molar-refractivity contribution in [3.05, 3.63) is 83.8 Å². The van der Waals surface area contributed by atoms with Crippen LogP contribution in [0.5, 0.6) is 5.88 Å². The Hall–Kier alpha value is -4.57. The molecule has 0 unspecified atom stereocenters. The minimum absolute atomic E-state index is 0.0958. The molecule has 3 N–H and O–H groups in total. The number of nitrogens with zero attached hydrogens (tertiary/aromatic N) is 4. The van der Waals surface area contributed by atoms with Crippen molar-refractivity contribution in [2.75, 3.05) is 20.7 Å². The van der Waals surface area contributed by atoms with E-state index in [1.54, 1.807) is 18.2 Å². The highest BCUT2D eigenvalue weighted by atomic mass is 32.1. The number of hydrogen-bond donors (Lipinski definition) is 2. The van der Waals surface area contributed by atoms with Crippen LogP contribution in [0.15, 0.2) is 72.2 Å². The van der Waals surface area contributed by atoms with Gasteiger partial charge in [-0.15, -0.1) is 11.3 Å². The second kappa shape index (κ2) is 13.4. The van der Waals surface area contributed by atoms with Crippen molar-refractivity contribution < 1.29 is 14.3 Å². The standard InChI is InChI=1S/C32H34N6O3S/c1-38(17-11-4-3-8-16-27(33)39)32(40)28(26-20-42-31(37-26)21-12-6-5-7-13-21)29-34-19-25(35-29)23-18-22-14-9-10-15-24(22)36-30(23)41-2/h5-7,9-10,12-15,18-20,28H,3-4,8,11,16-17H2,1-2H3,(H2,33,39)(H,34,35)/t28-/m0/s1. The van der Waals surface area contributed by atoms with Crippen LogP contribution < -0.4 is 10.5 Å². The van der Waals surface area contributed by atoms with Crippen molar-refractivity contribution in [2.24, 2.45) is 5.73 Å². The second-order valence-corrected chi connectivity index (χ2v) is 11.0. The number of primary amides is 1. The summed E-state index contributed by atoms with van der Waals surface area (Å²) in [6, 6.07) is 19.8. The largest absolute Gasteiger partial charge is 0.480 e. The van der Waals surface area contributed by atoms with Gasteiger partial charge in [0.25, 0.3) is 0 Å². The molecule has 0 bridgehead atoms. The summed E-state index contributed by atoms with van der Waals surface area (Å²) in [6.07, 6.45) is 5.49. The number of imidazole rings is 1. The molecule has 216 valence electrons. The van der Waals surface area contributed by atoms with E-state index in [2.05, 4.69) is 15.0 Å². The SMILES string of the molecule is COc1nc2ccccc2cc1-c1cnc([C@@H](C(=O)N(C)CCCCCCC(N)=O)c2csc(-c3ccccc3)n2)[nH]1. The second-order valence-electron chi connectivity index (χ2n) is 10.2. The first kappa shape index (κ1) is 28.9. The van der Waals surface area contributed by atoms with Gasteiger partial charge in [0, 0.05) is 36.3 Å². The van der Waals surface area contributed by atoms with E-state index < -0.39 is 5.92 Å². The van der Waals surface area contributed by atoms with E-state index >= 15 is 0 Å². The van der Waals surface area contributed by atoms with E-state index in [-0.39, 0.29) is 11.8 Å². The van der Waals surface area contributed by atoms with Gasteiger partial charge in [-0.25, -0.2) is 15.0 Å². The molecule has 2 aromatic carbocycles. The lowest BCUT2D eigenvalue weighted by Crippen LogP contribution is -2.33. The van der Waals surface area contributed by atoms with Crippen LogP contribution in [0.1, 0.15) is 49.5 Å². The summed E-state index contributed by atoms with van der Waals surface area (Å²) in [7, 11) is 3.40. The van der Waals surface area contributed by atoms with Crippen LogP contribution in [-0.2, 0) is 9.59 Å². The number of hydrogen-bond acceptors (Lipinski definition) is 7. The fraction of sp³-hybridized carbons (Fsp3) is 0.281. The third kappa shape index (κ3) is 6.66. The van der Waals surface area contributed by atoms with Gasteiger partial charge in [0.15, 0.2) is 0 Å². The molecular formula is C32H34N6O3S. The van der Waals surface area contributed by atoms with Gasteiger partial charge < -0.3 is 20.4 Å². The van der Waals surface area contributed by atoms with E-state index in [0.717, 1.165) is 52.7 Å². The molecule has 2 amide bonds. The first-order valence-corrected chi connectivity index (χ1v) is 14.9. The van der Waals surface area contributed by atoms with E-state index in [1.165, 1.54) is 11.3 Å². The molecule has 1 atom stereocenters. The van der Waals surface area contributed by atoms with Gasteiger partial charge >= 0.3 is 0 Å². The van der Waals surface area contributed by atoms with Gasteiger partial charge in [-0.05, 0) is 25.0 Å². The number of aromatic amines is 1. The molecule has 0 saturated carbocycles. The molecule has 0 saturated heterocycles. The Morgan fingerprint density at radius 2 is 1.79 bits per heavy atom. The Morgan fingerprint density at radius 3 is 2.57 bits per heavy atom. The van der Waals surface area contributed by atoms with E-state index in [4.69, 9.17) is 15.5 Å². The highest BCUT2D eigenvalue weighted by Crippen LogP contribution is 2.34. The third-order valence-electron chi connectivity index (χ3n) is 7.17. The van der Waals surface area contributed by atoms with Crippen molar-refractivity contribution in [3.8, 4) is 27.7 Å².